The highest BCUT2D eigenvalue weighted by Crippen LogP contribution is 2.27. The van der Waals surface area contributed by atoms with Crippen molar-refractivity contribution in [2.75, 3.05) is 24.6 Å². The summed E-state index contributed by atoms with van der Waals surface area (Å²) in [5.41, 5.74) is 4.92. The minimum absolute atomic E-state index is 0. The van der Waals surface area contributed by atoms with Crippen LogP contribution in [0.5, 0.6) is 0 Å². The maximum Gasteiger partial charge on any atom is 0.188 e. The topological polar surface area (TPSA) is 70.6 Å². The average molecular weight is 343 g/mol. The molecule has 0 spiro atoms. The Bertz CT molecular complexity index is 229. The molecule has 88 valence electrons. The van der Waals surface area contributed by atoms with Gasteiger partial charge in [0.2, 0.25) is 0 Å². The zero-order valence-corrected chi connectivity index (χ0v) is 11.8. The fraction of sp³-hybridized carbons (Fsp3) is 0.667. The maximum absolute atomic E-state index is 9.93. The summed E-state index contributed by atoms with van der Waals surface area (Å²) in [5, 5.41) is 12.8. The van der Waals surface area contributed by atoms with E-state index in [4.69, 9.17) is 5.73 Å². The van der Waals surface area contributed by atoms with Gasteiger partial charge in [0.25, 0.3) is 0 Å². The molecule has 1 unspecified atom stereocenters. The van der Waals surface area contributed by atoms with Gasteiger partial charge in [0.05, 0.1) is 12.1 Å². The van der Waals surface area contributed by atoms with Crippen molar-refractivity contribution in [3.8, 4) is 0 Å². The molecule has 15 heavy (non-hydrogen) atoms. The molecule has 0 radical (unpaired) electrons. The second-order valence-corrected chi connectivity index (χ2v) is 4.50. The van der Waals surface area contributed by atoms with Crippen LogP contribution in [0.25, 0.3) is 0 Å². The van der Waals surface area contributed by atoms with E-state index in [1.165, 1.54) is 0 Å². The fourth-order valence-corrected chi connectivity index (χ4v) is 2.47. The summed E-state index contributed by atoms with van der Waals surface area (Å²) in [4.78, 5) is 4.09. The van der Waals surface area contributed by atoms with Crippen molar-refractivity contribution in [3.05, 3.63) is 12.7 Å². The zero-order valence-electron chi connectivity index (χ0n) is 8.61. The first kappa shape index (κ1) is 15.0. The van der Waals surface area contributed by atoms with Gasteiger partial charge < -0.3 is 16.2 Å². The summed E-state index contributed by atoms with van der Waals surface area (Å²) in [7, 11) is 0. The number of nitrogens with two attached hydrogens (primary N) is 1. The highest BCUT2D eigenvalue weighted by atomic mass is 127. The first-order valence-corrected chi connectivity index (χ1v) is 5.76. The lowest BCUT2D eigenvalue weighted by molar-refractivity contribution is 0.0779. The highest BCUT2D eigenvalue weighted by molar-refractivity contribution is 14.0. The molecule has 4 N–H and O–H groups in total. The van der Waals surface area contributed by atoms with Gasteiger partial charge in [-0.25, -0.2) is 0 Å². The van der Waals surface area contributed by atoms with E-state index in [-0.39, 0.29) is 24.0 Å². The lowest BCUT2D eigenvalue weighted by Gasteiger charge is -2.18. The van der Waals surface area contributed by atoms with Gasteiger partial charge in [-0.2, -0.15) is 11.8 Å². The highest BCUT2D eigenvalue weighted by Gasteiger charge is 2.31. The monoisotopic (exact) mass is 343 g/mol. The van der Waals surface area contributed by atoms with Crippen LogP contribution in [0.1, 0.15) is 6.42 Å². The molecule has 1 saturated heterocycles. The molecule has 0 bridgehead atoms. The molecule has 1 rings (SSSR count). The van der Waals surface area contributed by atoms with E-state index in [1.54, 1.807) is 17.8 Å². The van der Waals surface area contributed by atoms with Crippen molar-refractivity contribution in [1.82, 2.24) is 5.32 Å². The van der Waals surface area contributed by atoms with Crippen molar-refractivity contribution in [2.45, 2.75) is 12.0 Å². The van der Waals surface area contributed by atoms with Crippen LogP contribution in [0.4, 0.5) is 0 Å². The van der Waals surface area contributed by atoms with Crippen molar-refractivity contribution < 1.29 is 5.11 Å². The summed E-state index contributed by atoms with van der Waals surface area (Å²) < 4.78 is 0. The maximum atomic E-state index is 9.93. The van der Waals surface area contributed by atoms with E-state index < -0.39 is 5.60 Å². The number of aliphatic imine (C=N–C) groups is 1. The van der Waals surface area contributed by atoms with Gasteiger partial charge in [-0.05, 0) is 12.2 Å². The van der Waals surface area contributed by atoms with Gasteiger partial charge in [-0.15, -0.1) is 30.6 Å². The van der Waals surface area contributed by atoms with Crippen LogP contribution >= 0.6 is 35.7 Å². The molecule has 0 aromatic rings. The molecule has 4 nitrogen and oxygen atoms in total. The number of thioether (sulfide) groups is 1. The number of hydrogen-bond donors (Lipinski definition) is 3. The third-order valence-corrected chi connectivity index (χ3v) is 3.29. The predicted molar refractivity (Wildman–Crippen MR) is 77.0 cm³/mol. The minimum atomic E-state index is -0.648. The third-order valence-electron chi connectivity index (χ3n) is 2.05. The van der Waals surface area contributed by atoms with Crippen LogP contribution in [0, 0.1) is 0 Å². The first-order chi connectivity index (χ1) is 6.66. The Balaban J connectivity index is 0.00000196. The summed E-state index contributed by atoms with van der Waals surface area (Å²) in [6.07, 6.45) is 2.51. The number of nitrogens with zero attached hydrogens (tertiary/aromatic N) is 1. The summed E-state index contributed by atoms with van der Waals surface area (Å²) >= 11 is 1.75. The molecule has 0 aromatic heterocycles. The zero-order chi connectivity index (χ0) is 10.4. The molecule has 1 heterocycles. The summed E-state index contributed by atoms with van der Waals surface area (Å²) in [6, 6.07) is 0. The quantitative estimate of drug-likeness (QED) is 0.302. The van der Waals surface area contributed by atoms with E-state index in [1.807, 2.05) is 0 Å². The Morgan fingerprint density at radius 2 is 2.47 bits per heavy atom. The second-order valence-electron chi connectivity index (χ2n) is 3.40. The molecule has 1 aliphatic heterocycles. The third kappa shape index (κ3) is 5.62. The van der Waals surface area contributed by atoms with Crippen molar-refractivity contribution in [3.63, 3.8) is 0 Å². The summed E-state index contributed by atoms with van der Waals surface area (Å²) in [5.74, 6) is 2.13. The number of hydrogen-bond acceptors (Lipinski definition) is 3. The van der Waals surface area contributed by atoms with Crippen LogP contribution in [-0.2, 0) is 0 Å². The van der Waals surface area contributed by atoms with Gasteiger partial charge in [0.15, 0.2) is 5.96 Å². The molecule has 1 aliphatic rings. The Morgan fingerprint density at radius 3 is 3.00 bits per heavy atom. The molecule has 0 aromatic carbocycles. The second kappa shape index (κ2) is 7.34. The average Bonchev–Trinajstić information content (AvgIpc) is 2.60. The van der Waals surface area contributed by atoms with E-state index >= 15 is 0 Å². The Hall–Kier alpha value is 0.0500. The van der Waals surface area contributed by atoms with E-state index in [0.717, 1.165) is 17.9 Å². The lowest BCUT2D eigenvalue weighted by atomic mass is 10.1. The van der Waals surface area contributed by atoms with Gasteiger partial charge in [0, 0.05) is 12.3 Å². The van der Waals surface area contributed by atoms with E-state index in [2.05, 4.69) is 16.9 Å². The van der Waals surface area contributed by atoms with Gasteiger partial charge in [0.1, 0.15) is 0 Å². The lowest BCUT2D eigenvalue weighted by Crippen LogP contribution is -2.37. The van der Waals surface area contributed by atoms with E-state index in [0.29, 0.717) is 19.0 Å². The van der Waals surface area contributed by atoms with E-state index in [9.17, 15) is 5.11 Å². The number of guanidine groups is 1. The predicted octanol–water partition coefficient (Wildman–Crippen LogP) is 0.563. The van der Waals surface area contributed by atoms with Crippen molar-refractivity contribution in [1.29, 1.82) is 0 Å². The standard InChI is InChI=1S/C9H17N3OS.HI/c1-2-4-11-8(10)12-6-9(13)3-5-14-7-9;/h2,13H,1,3-7H2,(H3,10,11,12);1H. The Morgan fingerprint density at radius 1 is 1.73 bits per heavy atom. The fourth-order valence-electron chi connectivity index (χ4n) is 1.19. The Kier molecular flexibility index (Phi) is 7.37. The smallest absolute Gasteiger partial charge is 0.188 e. The number of rotatable bonds is 4. The number of nitrogens with one attached hydrogen (secondary N) is 1. The van der Waals surface area contributed by atoms with Crippen LogP contribution in [0.15, 0.2) is 17.6 Å². The molecule has 1 atom stereocenters. The molecule has 0 saturated carbocycles. The van der Waals surface area contributed by atoms with Gasteiger partial charge >= 0.3 is 0 Å². The molecule has 6 heteroatoms. The number of aliphatic hydroxyl groups is 1. The summed E-state index contributed by atoms with van der Waals surface area (Å²) in [6.45, 7) is 4.54. The Labute approximate surface area is 112 Å². The molecular formula is C9H18IN3OS. The van der Waals surface area contributed by atoms with Crippen LogP contribution in [0.2, 0.25) is 0 Å². The molecule has 0 amide bonds. The first-order valence-electron chi connectivity index (χ1n) is 4.61. The molecule has 0 aliphatic carbocycles. The largest absolute Gasteiger partial charge is 0.387 e. The molecular weight excluding hydrogens is 325 g/mol. The minimum Gasteiger partial charge on any atom is -0.387 e. The van der Waals surface area contributed by atoms with Gasteiger partial charge in [-0.3, -0.25) is 4.99 Å². The van der Waals surface area contributed by atoms with Crippen molar-refractivity contribution in [2.24, 2.45) is 10.7 Å². The number of halogens is 1. The van der Waals surface area contributed by atoms with Crippen molar-refractivity contribution >= 4 is 41.7 Å². The van der Waals surface area contributed by atoms with Crippen LogP contribution in [0.3, 0.4) is 0 Å². The SMILES string of the molecule is C=CCNC(N)=NCC1(O)CCSC1.I. The molecule has 1 fully saturated rings. The normalized spacial score (nSPS) is 25.8. The van der Waals surface area contributed by atoms with Crippen LogP contribution < -0.4 is 11.1 Å². The van der Waals surface area contributed by atoms with Gasteiger partial charge in [-0.1, -0.05) is 6.08 Å². The van der Waals surface area contributed by atoms with Crippen LogP contribution in [-0.4, -0.2) is 41.3 Å².